The largest absolute Gasteiger partial charge is 0.494 e. The SMILES string of the molecule is CCCCOc1ccc(C(=O)Cn2ccnc2C#N)cc1. The van der Waals surface area contributed by atoms with Gasteiger partial charge in [-0.3, -0.25) is 4.79 Å². The normalized spacial score (nSPS) is 10.1. The van der Waals surface area contributed by atoms with E-state index in [0.717, 1.165) is 18.6 Å². The molecule has 5 nitrogen and oxygen atoms in total. The van der Waals surface area contributed by atoms with Crippen LogP contribution in [0, 0.1) is 11.3 Å². The van der Waals surface area contributed by atoms with Crippen LogP contribution >= 0.6 is 0 Å². The lowest BCUT2D eigenvalue weighted by molar-refractivity contribution is 0.0971. The van der Waals surface area contributed by atoms with E-state index in [1.165, 1.54) is 10.8 Å². The Morgan fingerprint density at radius 2 is 2.14 bits per heavy atom. The molecule has 21 heavy (non-hydrogen) atoms. The van der Waals surface area contributed by atoms with E-state index in [9.17, 15) is 4.79 Å². The first-order valence-corrected chi connectivity index (χ1v) is 6.92. The zero-order valence-electron chi connectivity index (χ0n) is 12.0. The van der Waals surface area contributed by atoms with Gasteiger partial charge in [-0.05, 0) is 30.7 Å². The fraction of sp³-hybridized carbons (Fsp3) is 0.312. The topological polar surface area (TPSA) is 67.9 Å². The van der Waals surface area contributed by atoms with Gasteiger partial charge < -0.3 is 9.30 Å². The number of nitriles is 1. The van der Waals surface area contributed by atoms with Gasteiger partial charge in [0.25, 0.3) is 0 Å². The molecule has 2 aromatic rings. The second-order valence-corrected chi connectivity index (χ2v) is 4.64. The van der Waals surface area contributed by atoms with Crippen LogP contribution < -0.4 is 4.74 Å². The van der Waals surface area contributed by atoms with E-state index in [0.29, 0.717) is 12.2 Å². The number of aromatic nitrogens is 2. The number of Topliss-reactive ketones (excluding diaryl/α,β-unsaturated/α-hetero) is 1. The summed E-state index contributed by atoms with van der Waals surface area (Å²) >= 11 is 0. The Morgan fingerprint density at radius 1 is 1.38 bits per heavy atom. The van der Waals surface area contributed by atoms with Crippen molar-refractivity contribution in [3.05, 3.63) is 48.0 Å². The Kier molecular flexibility index (Phi) is 5.10. The molecule has 1 aromatic heterocycles. The van der Waals surface area contributed by atoms with Crippen molar-refractivity contribution in [3.63, 3.8) is 0 Å². The van der Waals surface area contributed by atoms with Gasteiger partial charge in [0.2, 0.25) is 5.82 Å². The van der Waals surface area contributed by atoms with Gasteiger partial charge in [-0.2, -0.15) is 5.26 Å². The first-order valence-electron chi connectivity index (χ1n) is 6.92. The third-order valence-corrected chi connectivity index (χ3v) is 3.07. The minimum Gasteiger partial charge on any atom is -0.494 e. The van der Waals surface area contributed by atoms with Gasteiger partial charge in [-0.15, -0.1) is 0 Å². The van der Waals surface area contributed by atoms with Crippen LogP contribution in [0.4, 0.5) is 0 Å². The molecule has 5 heteroatoms. The Bertz CT molecular complexity index is 638. The van der Waals surface area contributed by atoms with Crippen LogP contribution in [0.15, 0.2) is 36.7 Å². The van der Waals surface area contributed by atoms with Gasteiger partial charge in [-0.1, -0.05) is 13.3 Å². The summed E-state index contributed by atoms with van der Waals surface area (Å²) in [7, 11) is 0. The number of carbonyl (C=O) groups excluding carboxylic acids is 1. The summed E-state index contributed by atoms with van der Waals surface area (Å²) in [6.07, 6.45) is 5.23. The number of ether oxygens (including phenoxy) is 1. The Morgan fingerprint density at radius 3 is 2.81 bits per heavy atom. The van der Waals surface area contributed by atoms with Crippen molar-refractivity contribution in [1.82, 2.24) is 9.55 Å². The minimum absolute atomic E-state index is 0.0652. The van der Waals surface area contributed by atoms with Gasteiger partial charge in [0.15, 0.2) is 5.78 Å². The molecule has 0 amide bonds. The molecule has 2 rings (SSSR count). The van der Waals surface area contributed by atoms with Gasteiger partial charge in [0, 0.05) is 18.0 Å². The third kappa shape index (κ3) is 3.93. The average molecular weight is 283 g/mol. The van der Waals surface area contributed by atoms with Crippen LogP contribution in [0.1, 0.15) is 35.9 Å². The van der Waals surface area contributed by atoms with Crippen LogP contribution in [0.2, 0.25) is 0 Å². The predicted octanol–water partition coefficient (Wildman–Crippen LogP) is 2.82. The molecule has 0 spiro atoms. The van der Waals surface area contributed by atoms with Crippen LogP contribution in [-0.4, -0.2) is 21.9 Å². The van der Waals surface area contributed by atoms with Crippen molar-refractivity contribution in [2.45, 2.75) is 26.3 Å². The number of hydrogen-bond donors (Lipinski definition) is 0. The quantitative estimate of drug-likeness (QED) is 0.579. The molecule has 0 aliphatic rings. The summed E-state index contributed by atoms with van der Waals surface area (Å²) in [5.41, 5.74) is 0.593. The lowest BCUT2D eigenvalue weighted by Gasteiger charge is -2.07. The van der Waals surface area contributed by atoms with Crippen molar-refractivity contribution in [2.24, 2.45) is 0 Å². The van der Waals surface area contributed by atoms with Crippen LogP contribution in [0.3, 0.4) is 0 Å². The summed E-state index contributed by atoms with van der Waals surface area (Å²) < 4.78 is 7.09. The molecule has 0 aliphatic heterocycles. The summed E-state index contributed by atoms with van der Waals surface area (Å²) in [5, 5.41) is 8.87. The lowest BCUT2D eigenvalue weighted by Crippen LogP contribution is -2.11. The molecule has 0 unspecified atom stereocenters. The number of unbranched alkanes of at least 4 members (excludes halogenated alkanes) is 1. The highest BCUT2D eigenvalue weighted by Gasteiger charge is 2.09. The van der Waals surface area contributed by atoms with Gasteiger partial charge in [0.1, 0.15) is 11.8 Å². The number of benzene rings is 1. The highest BCUT2D eigenvalue weighted by Crippen LogP contribution is 2.14. The zero-order valence-corrected chi connectivity index (χ0v) is 12.0. The molecular formula is C16H17N3O2. The Labute approximate surface area is 123 Å². The average Bonchev–Trinajstić information content (AvgIpc) is 2.95. The van der Waals surface area contributed by atoms with Crippen molar-refractivity contribution < 1.29 is 9.53 Å². The Hall–Kier alpha value is -2.61. The summed E-state index contributed by atoms with van der Waals surface area (Å²) in [6.45, 7) is 2.90. The number of nitrogens with zero attached hydrogens (tertiary/aromatic N) is 3. The number of carbonyl (C=O) groups is 1. The molecule has 0 radical (unpaired) electrons. The molecule has 0 saturated heterocycles. The molecule has 1 aromatic carbocycles. The molecule has 0 atom stereocenters. The molecule has 108 valence electrons. The number of rotatable bonds is 7. The fourth-order valence-corrected chi connectivity index (χ4v) is 1.87. The number of imidazole rings is 1. The van der Waals surface area contributed by atoms with Crippen molar-refractivity contribution >= 4 is 5.78 Å². The second kappa shape index (κ2) is 7.25. The van der Waals surface area contributed by atoms with Crippen LogP contribution in [0.25, 0.3) is 0 Å². The van der Waals surface area contributed by atoms with Gasteiger partial charge in [0.05, 0.1) is 13.2 Å². The van der Waals surface area contributed by atoms with Crippen LogP contribution in [-0.2, 0) is 6.54 Å². The third-order valence-electron chi connectivity index (χ3n) is 3.07. The maximum absolute atomic E-state index is 12.2. The molecular weight excluding hydrogens is 266 g/mol. The van der Waals surface area contributed by atoms with Gasteiger partial charge in [-0.25, -0.2) is 4.98 Å². The molecule has 0 saturated carbocycles. The first kappa shape index (κ1) is 14.8. The maximum atomic E-state index is 12.2. The van der Waals surface area contributed by atoms with E-state index < -0.39 is 0 Å². The minimum atomic E-state index is -0.0652. The van der Waals surface area contributed by atoms with E-state index in [1.807, 2.05) is 6.07 Å². The zero-order chi connectivity index (χ0) is 15.1. The van der Waals surface area contributed by atoms with E-state index in [4.69, 9.17) is 10.00 Å². The predicted molar refractivity (Wildman–Crippen MR) is 78.1 cm³/mol. The second-order valence-electron chi connectivity index (χ2n) is 4.64. The van der Waals surface area contributed by atoms with Crippen molar-refractivity contribution in [1.29, 1.82) is 5.26 Å². The smallest absolute Gasteiger partial charge is 0.213 e. The lowest BCUT2D eigenvalue weighted by atomic mass is 10.1. The molecule has 0 aliphatic carbocycles. The molecule has 1 heterocycles. The van der Waals surface area contributed by atoms with E-state index in [2.05, 4.69) is 11.9 Å². The number of hydrogen-bond acceptors (Lipinski definition) is 4. The highest BCUT2D eigenvalue weighted by atomic mass is 16.5. The fourth-order valence-electron chi connectivity index (χ4n) is 1.87. The molecule has 0 N–H and O–H groups in total. The summed E-state index contributed by atoms with van der Waals surface area (Å²) in [6, 6.07) is 9.02. The van der Waals surface area contributed by atoms with E-state index >= 15 is 0 Å². The van der Waals surface area contributed by atoms with Crippen LogP contribution in [0.5, 0.6) is 5.75 Å². The summed E-state index contributed by atoms with van der Waals surface area (Å²) in [5.74, 6) is 0.938. The Balaban J connectivity index is 1.98. The van der Waals surface area contributed by atoms with Crippen molar-refractivity contribution in [2.75, 3.05) is 6.61 Å². The number of ketones is 1. The standard InChI is InChI=1S/C16H17N3O2/c1-2-3-10-21-14-6-4-13(5-7-14)15(20)12-19-9-8-18-16(19)11-17/h4-9H,2-3,10,12H2,1H3. The van der Waals surface area contributed by atoms with Crippen molar-refractivity contribution in [3.8, 4) is 11.8 Å². The molecule has 0 fully saturated rings. The monoisotopic (exact) mass is 283 g/mol. The maximum Gasteiger partial charge on any atom is 0.213 e. The van der Waals surface area contributed by atoms with Gasteiger partial charge >= 0.3 is 0 Å². The van der Waals surface area contributed by atoms with E-state index in [-0.39, 0.29) is 18.2 Å². The highest BCUT2D eigenvalue weighted by molar-refractivity contribution is 5.96. The summed E-state index contributed by atoms with van der Waals surface area (Å²) in [4.78, 5) is 16.0. The first-order chi connectivity index (χ1) is 10.2. The van der Waals surface area contributed by atoms with E-state index in [1.54, 1.807) is 30.5 Å². The molecule has 0 bridgehead atoms.